The van der Waals surface area contributed by atoms with Crippen molar-refractivity contribution in [1.82, 2.24) is 10.9 Å². The van der Waals surface area contributed by atoms with Gasteiger partial charge in [0.05, 0.1) is 16.8 Å². The number of para-hydroxylation sites is 1. The van der Waals surface area contributed by atoms with Gasteiger partial charge in [0.2, 0.25) is 5.91 Å². The molecule has 24 heavy (non-hydrogen) atoms. The van der Waals surface area contributed by atoms with Crippen LogP contribution in [0.15, 0.2) is 36.4 Å². The Morgan fingerprint density at radius 1 is 1.25 bits per heavy atom. The van der Waals surface area contributed by atoms with E-state index in [1.165, 1.54) is 0 Å². The molecule has 0 saturated carbocycles. The van der Waals surface area contributed by atoms with Crippen molar-refractivity contribution < 1.29 is 9.90 Å². The van der Waals surface area contributed by atoms with Crippen molar-refractivity contribution in [2.75, 3.05) is 5.32 Å². The van der Waals surface area contributed by atoms with Gasteiger partial charge in [0, 0.05) is 10.6 Å². The Labute approximate surface area is 149 Å². The number of rotatable bonds is 3. The number of carbonyl (C=O) groups is 1. The largest absolute Gasteiger partial charge is 0.507 e. The van der Waals surface area contributed by atoms with E-state index in [1.54, 1.807) is 18.2 Å². The van der Waals surface area contributed by atoms with Crippen LogP contribution in [-0.4, -0.2) is 17.1 Å². The topological polar surface area (TPSA) is 73.4 Å². The number of hydrazine groups is 1. The van der Waals surface area contributed by atoms with Crippen molar-refractivity contribution in [3.8, 4) is 5.75 Å². The van der Waals surface area contributed by atoms with Gasteiger partial charge in [-0.15, -0.1) is 0 Å². The molecule has 1 aliphatic rings. The number of hydrogen-bond donors (Lipinski definition) is 4. The predicted molar refractivity (Wildman–Crippen MR) is 95.4 cm³/mol. The summed E-state index contributed by atoms with van der Waals surface area (Å²) in [5.74, 6) is 0.0250. The molecule has 0 radical (unpaired) electrons. The van der Waals surface area contributed by atoms with E-state index >= 15 is 0 Å². The van der Waals surface area contributed by atoms with Gasteiger partial charge in [0.15, 0.2) is 0 Å². The zero-order valence-corrected chi connectivity index (χ0v) is 14.4. The van der Waals surface area contributed by atoms with Gasteiger partial charge in [-0.1, -0.05) is 41.4 Å². The standard InChI is InChI=1S/C17H17Cl2N3O2/c1-9-3-2-4-11(16(9)23)13-8-15(22-21-13)17(24)20-14-7-10(18)5-6-12(14)19/h2-7,13,15,21-23H,8H2,1H3,(H,20,24). The van der Waals surface area contributed by atoms with Gasteiger partial charge in [0.25, 0.3) is 0 Å². The highest BCUT2D eigenvalue weighted by molar-refractivity contribution is 6.35. The minimum absolute atomic E-state index is 0.157. The summed E-state index contributed by atoms with van der Waals surface area (Å²) in [5.41, 5.74) is 8.04. The Morgan fingerprint density at radius 3 is 2.83 bits per heavy atom. The van der Waals surface area contributed by atoms with E-state index in [0.29, 0.717) is 22.2 Å². The molecule has 0 spiro atoms. The fourth-order valence-corrected chi connectivity index (χ4v) is 3.04. The summed E-state index contributed by atoms with van der Waals surface area (Å²) >= 11 is 12.0. The van der Waals surface area contributed by atoms with Crippen LogP contribution in [0.1, 0.15) is 23.6 Å². The molecule has 1 amide bonds. The van der Waals surface area contributed by atoms with E-state index in [0.717, 1.165) is 11.1 Å². The monoisotopic (exact) mass is 365 g/mol. The quantitative estimate of drug-likeness (QED) is 0.670. The molecule has 2 unspecified atom stereocenters. The first kappa shape index (κ1) is 17.0. The number of nitrogens with one attached hydrogen (secondary N) is 3. The van der Waals surface area contributed by atoms with Crippen LogP contribution in [-0.2, 0) is 4.79 Å². The van der Waals surface area contributed by atoms with Crippen molar-refractivity contribution in [2.24, 2.45) is 0 Å². The van der Waals surface area contributed by atoms with E-state index in [4.69, 9.17) is 23.2 Å². The lowest BCUT2D eigenvalue weighted by Gasteiger charge is -2.13. The number of aromatic hydroxyl groups is 1. The molecule has 2 atom stereocenters. The number of anilines is 1. The van der Waals surface area contributed by atoms with Gasteiger partial charge < -0.3 is 10.4 Å². The number of hydrogen-bond acceptors (Lipinski definition) is 4. The first-order valence-electron chi connectivity index (χ1n) is 7.51. The molecule has 1 saturated heterocycles. The molecule has 7 heteroatoms. The van der Waals surface area contributed by atoms with Gasteiger partial charge in [-0.3, -0.25) is 4.79 Å². The molecule has 2 aromatic carbocycles. The molecule has 1 aliphatic heterocycles. The van der Waals surface area contributed by atoms with Crippen molar-refractivity contribution >= 4 is 34.8 Å². The van der Waals surface area contributed by atoms with Crippen LogP contribution in [0.25, 0.3) is 0 Å². The lowest BCUT2D eigenvalue weighted by molar-refractivity contribution is -0.117. The third-order valence-electron chi connectivity index (χ3n) is 4.05. The van der Waals surface area contributed by atoms with E-state index in [2.05, 4.69) is 16.2 Å². The molecule has 3 rings (SSSR count). The molecule has 1 fully saturated rings. The van der Waals surface area contributed by atoms with Crippen LogP contribution in [0.2, 0.25) is 10.0 Å². The maximum absolute atomic E-state index is 12.4. The van der Waals surface area contributed by atoms with E-state index < -0.39 is 6.04 Å². The highest BCUT2D eigenvalue weighted by Gasteiger charge is 2.31. The number of benzene rings is 2. The molecule has 2 aromatic rings. The second-order valence-electron chi connectivity index (χ2n) is 5.76. The maximum Gasteiger partial charge on any atom is 0.242 e. The fourth-order valence-electron chi connectivity index (χ4n) is 2.71. The molecular weight excluding hydrogens is 349 g/mol. The highest BCUT2D eigenvalue weighted by atomic mass is 35.5. The highest BCUT2D eigenvalue weighted by Crippen LogP contribution is 2.32. The third kappa shape index (κ3) is 3.49. The molecule has 0 aromatic heterocycles. The number of phenolic OH excluding ortho intramolecular Hbond substituents is 1. The van der Waals surface area contributed by atoms with Crippen LogP contribution in [0.3, 0.4) is 0 Å². The van der Waals surface area contributed by atoms with Crippen molar-refractivity contribution in [3.05, 3.63) is 57.6 Å². The fraction of sp³-hybridized carbons (Fsp3) is 0.235. The molecule has 126 valence electrons. The number of aryl methyl sites for hydroxylation is 1. The Bertz CT molecular complexity index is 782. The van der Waals surface area contributed by atoms with Crippen LogP contribution in [0.5, 0.6) is 5.75 Å². The Morgan fingerprint density at radius 2 is 2.04 bits per heavy atom. The molecular formula is C17H17Cl2N3O2. The van der Waals surface area contributed by atoms with Crippen LogP contribution in [0, 0.1) is 6.92 Å². The Kier molecular flexibility index (Phi) is 4.96. The molecule has 5 nitrogen and oxygen atoms in total. The average Bonchev–Trinajstić information content (AvgIpc) is 3.03. The maximum atomic E-state index is 12.4. The first-order valence-corrected chi connectivity index (χ1v) is 8.26. The summed E-state index contributed by atoms with van der Waals surface area (Å²) in [6.07, 6.45) is 0.501. The van der Waals surface area contributed by atoms with Crippen molar-refractivity contribution in [2.45, 2.75) is 25.4 Å². The van der Waals surface area contributed by atoms with Crippen LogP contribution >= 0.6 is 23.2 Å². The molecule has 1 heterocycles. The van der Waals surface area contributed by atoms with Gasteiger partial charge in [-0.2, -0.15) is 0 Å². The first-order chi connectivity index (χ1) is 11.5. The Balaban J connectivity index is 1.70. The number of phenols is 1. The second kappa shape index (κ2) is 6.99. The normalized spacial score (nSPS) is 20.1. The summed E-state index contributed by atoms with van der Waals surface area (Å²) in [6, 6.07) is 9.85. The summed E-state index contributed by atoms with van der Waals surface area (Å²) in [5, 5.41) is 13.9. The van der Waals surface area contributed by atoms with Gasteiger partial charge in [-0.25, -0.2) is 10.9 Å². The van der Waals surface area contributed by atoms with E-state index in [1.807, 2.05) is 25.1 Å². The van der Waals surface area contributed by atoms with Crippen molar-refractivity contribution in [1.29, 1.82) is 0 Å². The number of amides is 1. The lowest BCUT2D eigenvalue weighted by Crippen LogP contribution is -2.39. The Hall–Kier alpha value is -1.79. The predicted octanol–water partition coefficient (Wildman–Crippen LogP) is 3.55. The molecule has 0 bridgehead atoms. The smallest absolute Gasteiger partial charge is 0.242 e. The number of halogens is 2. The van der Waals surface area contributed by atoms with Gasteiger partial charge in [0.1, 0.15) is 11.8 Å². The van der Waals surface area contributed by atoms with Gasteiger partial charge in [-0.05, 0) is 37.1 Å². The minimum Gasteiger partial charge on any atom is -0.507 e. The molecule has 4 N–H and O–H groups in total. The van der Waals surface area contributed by atoms with Gasteiger partial charge >= 0.3 is 0 Å². The second-order valence-corrected chi connectivity index (χ2v) is 6.60. The summed E-state index contributed by atoms with van der Waals surface area (Å²) < 4.78 is 0. The number of carbonyl (C=O) groups excluding carboxylic acids is 1. The zero-order chi connectivity index (χ0) is 17.3. The van der Waals surface area contributed by atoms with Crippen LogP contribution < -0.4 is 16.2 Å². The van der Waals surface area contributed by atoms with E-state index in [-0.39, 0.29) is 17.7 Å². The lowest BCUT2D eigenvalue weighted by atomic mass is 9.99. The summed E-state index contributed by atoms with van der Waals surface area (Å²) in [4.78, 5) is 12.4. The summed E-state index contributed by atoms with van der Waals surface area (Å²) in [6.45, 7) is 1.84. The SMILES string of the molecule is Cc1cccc(C2CC(C(=O)Nc3cc(Cl)ccc3Cl)NN2)c1O. The minimum atomic E-state index is -0.454. The van der Waals surface area contributed by atoms with Crippen molar-refractivity contribution in [3.63, 3.8) is 0 Å². The van der Waals surface area contributed by atoms with Crippen LogP contribution in [0.4, 0.5) is 5.69 Å². The van der Waals surface area contributed by atoms with E-state index in [9.17, 15) is 9.90 Å². The zero-order valence-electron chi connectivity index (χ0n) is 12.9. The summed E-state index contributed by atoms with van der Waals surface area (Å²) in [7, 11) is 0. The molecule has 0 aliphatic carbocycles. The average molecular weight is 366 g/mol. The third-order valence-corrected chi connectivity index (χ3v) is 4.62.